The van der Waals surface area contributed by atoms with Crippen LogP contribution in [0.25, 0.3) is 11.1 Å². The Hall–Kier alpha value is -5.74. The minimum atomic E-state index is 0.154. The Balaban J connectivity index is 1.07. The number of hydrogen-bond acceptors (Lipinski definition) is 4. The number of hydrogen-bond donors (Lipinski definition) is 0. The van der Waals surface area contributed by atoms with Crippen LogP contribution in [0.5, 0.6) is 0 Å². The van der Waals surface area contributed by atoms with E-state index in [4.69, 9.17) is 10.2 Å². The van der Waals surface area contributed by atoms with Crippen LogP contribution in [-0.2, 0) is 0 Å². The van der Waals surface area contributed by atoms with Gasteiger partial charge in [0, 0.05) is 12.8 Å². The summed E-state index contributed by atoms with van der Waals surface area (Å²) in [6.07, 6.45) is 1.73. The molecule has 2 atom stereocenters. The van der Waals surface area contributed by atoms with Gasteiger partial charge in [0.2, 0.25) is 0 Å². The van der Waals surface area contributed by atoms with Crippen LogP contribution in [0.2, 0.25) is 0 Å². The van der Waals surface area contributed by atoms with Crippen LogP contribution < -0.4 is 10.0 Å². The van der Waals surface area contributed by atoms with Crippen molar-refractivity contribution in [2.45, 2.75) is 24.9 Å². The summed E-state index contributed by atoms with van der Waals surface area (Å²) in [4.78, 5) is 0. The van der Waals surface area contributed by atoms with Crippen molar-refractivity contribution in [3.63, 3.8) is 0 Å². The number of hydrazone groups is 2. The van der Waals surface area contributed by atoms with E-state index in [0.717, 1.165) is 35.6 Å². The monoisotopic (exact) mass is 594 g/mol. The van der Waals surface area contributed by atoms with Crippen LogP contribution in [0.4, 0.5) is 11.4 Å². The van der Waals surface area contributed by atoms with Gasteiger partial charge in [-0.05, 0) is 57.6 Å². The molecule has 0 fully saturated rings. The first kappa shape index (κ1) is 27.8. The molecule has 0 spiro atoms. The lowest BCUT2D eigenvalue weighted by molar-refractivity contribution is 0.709. The van der Waals surface area contributed by atoms with Gasteiger partial charge in [0.1, 0.15) is 0 Å². The summed E-state index contributed by atoms with van der Waals surface area (Å²) in [5.41, 5.74) is 11.6. The quantitative estimate of drug-likeness (QED) is 0.184. The van der Waals surface area contributed by atoms with Crippen LogP contribution in [-0.4, -0.2) is 11.4 Å². The average Bonchev–Trinajstić information content (AvgIpc) is 3.80. The highest BCUT2D eigenvalue weighted by Crippen LogP contribution is 2.39. The largest absolute Gasteiger partial charge is 0.257 e. The molecule has 0 amide bonds. The molecular weight excluding hydrogens is 560 g/mol. The molecule has 6 aromatic rings. The zero-order valence-electron chi connectivity index (χ0n) is 25.5. The van der Waals surface area contributed by atoms with E-state index in [1.165, 1.54) is 33.4 Å². The lowest BCUT2D eigenvalue weighted by Gasteiger charge is -2.25. The number of anilines is 2. The summed E-state index contributed by atoms with van der Waals surface area (Å²) in [6.45, 7) is 0. The summed E-state index contributed by atoms with van der Waals surface area (Å²) < 4.78 is 0. The second kappa shape index (κ2) is 12.3. The maximum Gasteiger partial charge on any atom is 0.0831 e. The molecule has 0 aromatic heterocycles. The van der Waals surface area contributed by atoms with Crippen molar-refractivity contribution in [2.75, 3.05) is 10.0 Å². The van der Waals surface area contributed by atoms with Crippen LogP contribution in [0.3, 0.4) is 0 Å². The zero-order valence-corrected chi connectivity index (χ0v) is 25.5. The van der Waals surface area contributed by atoms with Crippen LogP contribution in [0, 0.1) is 0 Å². The smallest absolute Gasteiger partial charge is 0.0831 e. The standard InChI is InChI=1S/C42H34N4/c1-5-13-33(14-6-1)39-29-41(35-17-9-3-10-18-35)45(43-39)37-25-21-31(22-26-37)32-23-27-38(28-24-32)46-42(36-19-11-4-12-20-36)30-40(44-46)34-15-7-2-8-16-34/h1-28,41-42H,29-30H2. The molecule has 222 valence electrons. The maximum atomic E-state index is 5.14. The first-order chi connectivity index (χ1) is 22.8. The normalized spacial score (nSPS) is 17.6. The minimum absolute atomic E-state index is 0.154. The molecule has 2 aliphatic heterocycles. The molecule has 0 N–H and O–H groups in total. The third kappa shape index (κ3) is 5.50. The first-order valence-corrected chi connectivity index (χ1v) is 15.9. The van der Waals surface area contributed by atoms with Crippen LogP contribution in [0.1, 0.15) is 47.2 Å². The van der Waals surface area contributed by atoms with E-state index in [0.29, 0.717) is 0 Å². The van der Waals surface area contributed by atoms with E-state index in [-0.39, 0.29) is 12.1 Å². The Morgan fingerprint density at radius 1 is 0.348 bits per heavy atom. The molecule has 0 aliphatic carbocycles. The molecule has 0 saturated carbocycles. The third-order valence-corrected chi connectivity index (χ3v) is 9.00. The Bertz CT molecular complexity index is 1820. The summed E-state index contributed by atoms with van der Waals surface area (Å²) in [7, 11) is 0. The fourth-order valence-corrected chi connectivity index (χ4v) is 6.59. The third-order valence-electron chi connectivity index (χ3n) is 9.00. The second-order valence-corrected chi connectivity index (χ2v) is 11.9. The van der Waals surface area contributed by atoms with Crippen molar-refractivity contribution < 1.29 is 0 Å². The van der Waals surface area contributed by atoms with Gasteiger partial charge in [-0.15, -0.1) is 0 Å². The highest BCUT2D eigenvalue weighted by molar-refractivity contribution is 6.04. The lowest BCUT2D eigenvalue weighted by atomic mass is 9.98. The number of rotatable bonds is 7. The lowest BCUT2D eigenvalue weighted by Crippen LogP contribution is -2.18. The molecule has 8 rings (SSSR count). The van der Waals surface area contributed by atoms with Crippen molar-refractivity contribution in [3.8, 4) is 11.1 Å². The van der Waals surface area contributed by atoms with Crippen LogP contribution in [0.15, 0.2) is 180 Å². The summed E-state index contributed by atoms with van der Waals surface area (Å²) in [5.74, 6) is 0. The van der Waals surface area contributed by atoms with Gasteiger partial charge in [-0.1, -0.05) is 146 Å². The van der Waals surface area contributed by atoms with Gasteiger partial charge in [0.05, 0.1) is 34.9 Å². The van der Waals surface area contributed by atoms with Crippen molar-refractivity contribution in [1.82, 2.24) is 0 Å². The van der Waals surface area contributed by atoms with E-state index in [2.05, 4.69) is 180 Å². The highest BCUT2D eigenvalue weighted by atomic mass is 15.5. The maximum absolute atomic E-state index is 5.14. The van der Waals surface area contributed by atoms with E-state index >= 15 is 0 Å². The fraction of sp³-hybridized carbons (Fsp3) is 0.0952. The van der Waals surface area contributed by atoms with Gasteiger partial charge in [0.25, 0.3) is 0 Å². The van der Waals surface area contributed by atoms with Gasteiger partial charge in [-0.2, -0.15) is 10.2 Å². The summed E-state index contributed by atoms with van der Waals surface area (Å²) >= 11 is 0. The second-order valence-electron chi connectivity index (χ2n) is 11.9. The average molecular weight is 595 g/mol. The van der Waals surface area contributed by atoms with E-state index in [1.54, 1.807) is 0 Å². The highest BCUT2D eigenvalue weighted by Gasteiger charge is 2.31. The number of nitrogens with zero attached hydrogens (tertiary/aromatic N) is 4. The Kier molecular flexibility index (Phi) is 7.45. The van der Waals surface area contributed by atoms with Gasteiger partial charge in [-0.25, -0.2) is 0 Å². The number of benzene rings is 6. The Morgan fingerprint density at radius 2 is 0.674 bits per heavy atom. The molecule has 2 aliphatic rings. The Labute approximate surface area is 270 Å². The van der Waals surface area contributed by atoms with Gasteiger partial charge in [0.15, 0.2) is 0 Å². The molecule has 46 heavy (non-hydrogen) atoms. The molecule has 4 nitrogen and oxygen atoms in total. The van der Waals surface area contributed by atoms with Gasteiger partial charge in [-0.3, -0.25) is 10.0 Å². The van der Waals surface area contributed by atoms with Crippen molar-refractivity contribution in [2.24, 2.45) is 10.2 Å². The zero-order chi connectivity index (χ0) is 30.7. The first-order valence-electron chi connectivity index (χ1n) is 15.9. The fourth-order valence-electron chi connectivity index (χ4n) is 6.59. The van der Waals surface area contributed by atoms with E-state index < -0.39 is 0 Å². The van der Waals surface area contributed by atoms with Gasteiger partial charge >= 0.3 is 0 Å². The minimum Gasteiger partial charge on any atom is -0.257 e. The molecule has 2 unspecified atom stereocenters. The summed E-state index contributed by atoms with van der Waals surface area (Å²) in [6, 6.07) is 60.3. The molecule has 4 heteroatoms. The molecule has 0 bridgehead atoms. The SMILES string of the molecule is c1ccc(C2=NN(c3ccc(-c4ccc(N5N=C(c6ccccc6)CC5c5ccccc5)cc4)cc3)C(c3ccccc3)C2)cc1. The molecule has 0 radical (unpaired) electrons. The predicted molar refractivity (Wildman–Crippen MR) is 190 cm³/mol. The molecule has 0 saturated heterocycles. The molecule has 2 heterocycles. The Morgan fingerprint density at radius 3 is 1.02 bits per heavy atom. The van der Waals surface area contributed by atoms with E-state index in [1.807, 2.05) is 0 Å². The molecule has 6 aromatic carbocycles. The van der Waals surface area contributed by atoms with Crippen molar-refractivity contribution in [3.05, 3.63) is 192 Å². The van der Waals surface area contributed by atoms with Crippen molar-refractivity contribution >= 4 is 22.8 Å². The topological polar surface area (TPSA) is 31.2 Å². The summed E-state index contributed by atoms with van der Waals surface area (Å²) in [5, 5.41) is 14.6. The predicted octanol–water partition coefficient (Wildman–Crippen LogP) is 10.1. The van der Waals surface area contributed by atoms with Crippen LogP contribution >= 0.6 is 0 Å². The van der Waals surface area contributed by atoms with E-state index in [9.17, 15) is 0 Å². The van der Waals surface area contributed by atoms with Crippen molar-refractivity contribution in [1.29, 1.82) is 0 Å². The van der Waals surface area contributed by atoms with Gasteiger partial charge < -0.3 is 0 Å². The molecular formula is C42H34N4.